The summed E-state index contributed by atoms with van der Waals surface area (Å²) in [6, 6.07) is 11.2. The molecule has 0 aliphatic rings. The summed E-state index contributed by atoms with van der Waals surface area (Å²) in [6.07, 6.45) is 1.89. The molecule has 0 heterocycles. The van der Waals surface area contributed by atoms with E-state index in [1.165, 1.54) is 17.2 Å². The van der Waals surface area contributed by atoms with Crippen LogP contribution in [0.3, 0.4) is 0 Å². The number of rotatable bonds is 5. The minimum absolute atomic E-state index is 0.163. The fourth-order valence-electron chi connectivity index (χ4n) is 2.67. The van der Waals surface area contributed by atoms with Crippen LogP contribution in [0.2, 0.25) is 5.02 Å². The van der Waals surface area contributed by atoms with Gasteiger partial charge in [0.2, 0.25) is 0 Å². The van der Waals surface area contributed by atoms with Gasteiger partial charge in [-0.05, 0) is 48.7 Å². The molecule has 0 saturated heterocycles. The Labute approximate surface area is 131 Å². The van der Waals surface area contributed by atoms with E-state index >= 15 is 0 Å². The van der Waals surface area contributed by atoms with Crippen molar-refractivity contribution >= 4 is 11.6 Å². The average Bonchev–Trinajstić information content (AvgIpc) is 2.49. The topological polar surface area (TPSA) is 12.0 Å². The second-order valence-electron chi connectivity index (χ2n) is 5.13. The van der Waals surface area contributed by atoms with E-state index in [9.17, 15) is 4.39 Å². The second-order valence-corrected chi connectivity index (χ2v) is 5.56. The van der Waals surface area contributed by atoms with Crippen molar-refractivity contribution in [2.75, 3.05) is 7.05 Å². The molecule has 0 saturated carbocycles. The van der Waals surface area contributed by atoms with Crippen molar-refractivity contribution in [1.29, 1.82) is 0 Å². The van der Waals surface area contributed by atoms with Crippen LogP contribution in [0.4, 0.5) is 4.39 Å². The predicted octanol–water partition coefficient (Wildman–Crippen LogP) is 4.91. The fourth-order valence-corrected chi connectivity index (χ4v) is 2.83. The number of halogens is 2. The quantitative estimate of drug-likeness (QED) is 0.827. The van der Waals surface area contributed by atoms with Gasteiger partial charge in [-0.2, -0.15) is 0 Å². The fraction of sp³-hybridized carbons (Fsp3) is 0.333. The molecule has 2 aromatic rings. The zero-order chi connectivity index (χ0) is 15.4. The predicted molar refractivity (Wildman–Crippen MR) is 87.5 cm³/mol. The van der Waals surface area contributed by atoms with Gasteiger partial charge in [0.15, 0.2) is 0 Å². The minimum Gasteiger partial charge on any atom is -0.309 e. The number of hydrogen-bond donors (Lipinski definition) is 1. The van der Waals surface area contributed by atoms with Gasteiger partial charge < -0.3 is 5.32 Å². The number of hydrogen-bond acceptors (Lipinski definition) is 1. The van der Waals surface area contributed by atoms with Crippen molar-refractivity contribution < 1.29 is 4.39 Å². The highest BCUT2D eigenvalue weighted by Gasteiger charge is 2.19. The first-order valence-corrected chi connectivity index (χ1v) is 7.72. The van der Waals surface area contributed by atoms with Gasteiger partial charge in [0.1, 0.15) is 5.82 Å². The molecule has 0 spiro atoms. The molecular formula is C18H21ClFN. The molecule has 0 amide bonds. The van der Waals surface area contributed by atoms with Crippen LogP contribution < -0.4 is 5.32 Å². The van der Waals surface area contributed by atoms with E-state index in [0.717, 1.165) is 18.4 Å². The highest BCUT2D eigenvalue weighted by molar-refractivity contribution is 6.30. The standard InChI is InChI=1S/C18H21ClFN/c1-4-12-6-7-13(5-2)16(10-12)18(21-3)15-9-8-14(19)11-17(15)20/h6-11,18,21H,4-5H2,1-3H3. The Balaban J connectivity index is 2.54. The zero-order valence-corrected chi connectivity index (χ0v) is 13.5. The largest absolute Gasteiger partial charge is 0.309 e. The molecule has 1 N–H and O–H groups in total. The van der Waals surface area contributed by atoms with E-state index in [0.29, 0.717) is 10.6 Å². The van der Waals surface area contributed by atoms with Crippen LogP contribution in [0, 0.1) is 5.82 Å². The van der Waals surface area contributed by atoms with Crippen LogP contribution in [0.25, 0.3) is 0 Å². The monoisotopic (exact) mass is 305 g/mol. The summed E-state index contributed by atoms with van der Waals surface area (Å²) in [4.78, 5) is 0. The lowest BCUT2D eigenvalue weighted by Crippen LogP contribution is -2.20. The van der Waals surface area contributed by atoms with Gasteiger partial charge in [-0.25, -0.2) is 4.39 Å². The molecule has 21 heavy (non-hydrogen) atoms. The second kappa shape index (κ2) is 7.06. The molecule has 3 heteroatoms. The maximum Gasteiger partial charge on any atom is 0.129 e. The SMILES string of the molecule is CCc1ccc(CC)c(C(NC)c2ccc(Cl)cc2F)c1. The summed E-state index contributed by atoms with van der Waals surface area (Å²) < 4.78 is 14.3. The molecule has 0 aliphatic carbocycles. The highest BCUT2D eigenvalue weighted by Crippen LogP contribution is 2.29. The Kier molecular flexibility index (Phi) is 5.38. The summed E-state index contributed by atoms with van der Waals surface area (Å²) in [6.45, 7) is 4.25. The van der Waals surface area contributed by atoms with Crippen molar-refractivity contribution in [2.45, 2.75) is 32.7 Å². The summed E-state index contributed by atoms with van der Waals surface area (Å²) in [5.41, 5.74) is 4.27. The minimum atomic E-state index is -0.272. The third-order valence-electron chi connectivity index (χ3n) is 3.87. The van der Waals surface area contributed by atoms with Crippen molar-refractivity contribution in [2.24, 2.45) is 0 Å². The molecule has 0 aromatic heterocycles. The molecule has 1 nitrogen and oxygen atoms in total. The first-order chi connectivity index (χ1) is 10.1. The average molecular weight is 306 g/mol. The molecular weight excluding hydrogens is 285 g/mol. The lowest BCUT2D eigenvalue weighted by Gasteiger charge is -2.22. The van der Waals surface area contributed by atoms with Gasteiger partial charge in [0, 0.05) is 10.6 Å². The molecule has 1 atom stereocenters. The first-order valence-electron chi connectivity index (χ1n) is 7.34. The third-order valence-corrected chi connectivity index (χ3v) is 4.11. The Morgan fingerprint density at radius 3 is 2.38 bits per heavy atom. The number of benzene rings is 2. The van der Waals surface area contributed by atoms with Gasteiger partial charge in [-0.15, -0.1) is 0 Å². The van der Waals surface area contributed by atoms with Crippen LogP contribution in [0.1, 0.15) is 42.1 Å². The van der Waals surface area contributed by atoms with E-state index in [2.05, 4.69) is 37.4 Å². The molecule has 0 fully saturated rings. The van der Waals surface area contributed by atoms with Gasteiger partial charge >= 0.3 is 0 Å². The normalized spacial score (nSPS) is 12.4. The van der Waals surface area contributed by atoms with Gasteiger partial charge in [0.05, 0.1) is 6.04 Å². The summed E-state index contributed by atoms with van der Waals surface area (Å²) in [5, 5.41) is 3.66. The van der Waals surface area contributed by atoms with Gasteiger partial charge in [-0.1, -0.05) is 49.7 Å². The van der Waals surface area contributed by atoms with Gasteiger partial charge in [-0.3, -0.25) is 0 Å². The lowest BCUT2D eigenvalue weighted by atomic mass is 9.91. The number of aryl methyl sites for hydroxylation is 2. The summed E-state index contributed by atoms with van der Waals surface area (Å²) in [7, 11) is 1.86. The summed E-state index contributed by atoms with van der Waals surface area (Å²) in [5.74, 6) is -0.272. The van der Waals surface area contributed by atoms with Crippen LogP contribution in [0.15, 0.2) is 36.4 Å². The van der Waals surface area contributed by atoms with Crippen molar-refractivity contribution in [3.63, 3.8) is 0 Å². The molecule has 0 radical (unpaired) electrons. The Morgan fingerprint density at radius 1 is 1.05 bits per heavy atom. The van der Waals surface area contributed by atoms with Crippen LogP contribution in [-0.2, 0) is 12.8 Å². The molecule has 0 aliphatic heterocycles. The smallest absolute Gasteiger partial charge is 0.129 e. The molecule has 2 rings (SSSR count). The lowest BCUT2D eigenvalue weighted by molar-refractivity contribution is 0.574. The Hall–Kier alpha value is -1.38. The zero-order valence-electron chi connectivity index (χ0n) is 12.7. The maximum atomic E-state index is 14.3. The summed E-state index contributed by atoms with van der Waals surface area (Å²) >= 11 is 5.86. The van der Waals surface area contributed by atoms with Crippen molar-refractivity contribution in [1.82, 2.24) is 5.32 Å². The van der Waals surface area contributed by atoms with Crippen LogP contribution >= 0.6 is 11.6 Å². The van der Waals surface area contributed by atoms with E-state index < -0.39 is 0 Å². The molecule has 2 aromatic carbocycles. The molecule has 1 unspecified atom stereocenters. The number of nitrogens with one attached hydrogen (secondary N) is 1. The van der Waals surface area contributed by atoms with E-state index in [1.54, 1.807) is 12.1 Å². The van der Waals surface area contributed by atoms with Crippen molar-refractivity contribution in [3.8, 4) is 0 Å². The van der Waals surface area contributed by atoms with E-state index in [-0.39, 0.29) is 11.9 Å². The highest BCUT2D eigenvalue weighted by atomic mass is 35.5. The van der Waals surface area contributed by atoms with E-state index in [1.807, 2.05) is 7.05 Å². The maximum absolute atomic E-state index is 14.3. The first kappa shape index (κ1) is 16.0. The molecule has 112 valence electrons. The molecule has 0 bridgehead atoms. The van der Waals surface area contributed by atoms with Crippen LogP contribution in [0.5, 0.6) is 0 Å². The van der Waals surface area contributed by atoms with Crippen LogP contribution in [-0.4, -0.2) is 7.05 Å². The van der Waals surface area contributed by atoms with Crippen molar-refractivity contribution in [3.05, 3.63) is 69.5 Å². The third kappa shape index (κ3) is 3.45. The van der Waals surface area contributed by atoms with E-state index in [4.69, 9.17) is 11.6 Å². The Bertz CT molecular complexity index is 625. The Morgan fingerprint density at radius 2 is 1.81 bits per heavy atom. The van der Waals surface area contributed by atoms with Gasteiger partial charge in [0.25, 0.3) is 0 Å².